The third kappa shape index (κ3) is 4.64. The van der Waals surface area contributed by atoms with Crippen LogP contribution in [-0.4, -0.2) is 9.72 Å². The van der Waals surface area contributed by atoms with Crippen molar-refractivity contribution in [3.8, 4) is 0 Å². The average Bonchev–Trinajstić information content (AvgIpc) is 2.27. The fraction of sp³-hybridized carbons (Fsp3) is 0. The van der Waals surface area contributed by atoms with E-state index >= 15 is 0 Å². The van der Waals surface area contributed by atoms with Crippen molar-refractivity contribution in [1.82, 2.24) is 0 Å². The quantitative estimate of drug-likeness (QED) is 0.226. The molecule has 0 aliphatic rings. The topological polar surface area (TPSA) is 123 Å². The molecule has 0 N–H and O–H groups in total. The summed E-state index contributed by atoms with van der Waals surface area (Å²) in [6, 6.07) is 4.67. The molecule has 1 rings (SSSR count). The van der Waals surface area contributed by atoms with Crippen molar-refractivity contribution in [3.05, 3.63) is 45.1 Å². The van der Waals surface area contributed by atoms with Crippen molar-refractivity contribution in [2.75, 3.05) is 0 Å². The van der Waals surface area contributed by atoms with Crippen LogP contribution in [0.25, 0.3) is 0 Å². The Morgan fingerprint density at radius 3 is 1.19 bits per heavy atom. The van der Waals surface area contributed by atoms with Gasteiger partial charge < -0.3 is 20.8 Å². The molecule has 0 aromatic heterocycles. The largest absolute Gasteiger partial charge is 1.00 e. The van der Waals surface area contributed by atoms with Gasteiger partial charge in [0.15, 0.2) is 0 Å². The first-order valence-electron chi connectivity index (χ1n) is 3.40. The Balaban J connectivity index is 0. The van der Waals surface area contributed by atoms with E-state index in [1.165, 1.54) is 24.3 Å². The van der Waals surface area contributed by atoms with E-state index in [9.17, 15) is 20.8 Å². The summed E-state index contributed by atoms with van der Waals surface area (Å²) in [6.07, 6.45) is 0. The number of hydrogen-bond acceptors (Lipinski definition) is 6. The first kappa shape index (κ1) is 18.0. The molecule has 10 heteroatoms. The summed E-state index contributed by atoms with van der Waals surface area (Å²) >= 11 is 0. The SMILES string of the molecule is [Na+].[Na+].[O-]/N=[N+](\[O-])c1ccc(/[N+]([O-])=N/[O-])cc1. The van der Waals surface area contributed by atoms with Crippen molar-refractivity contribution in [3.63, 3.8) is 0 Å². The van der Waals surface area contributed by atoms with Crippen molar-refractivity contribution in [2.45, 2.75) is 0 Å². The van der Waals surface area contributed by atoms with Crippen LogP contribution in [-0.2, 0) is 0 Å². The summed E-state index contributed by atoms with van der Waals surface area (Å²) in [6.45, 7) is 0. The van der Waals surface area contributed by atoms with Crippen LogP contribution in [0.5, 0.6) is 0 Å². The van der Waals surface area contributed by atoms with Gasteiger partial charge >= 0.3 is 59.1 Å². The molecule has 1 aromatic rings. The summed E-state index contributed by atoms with van der Waals surface area (Å²) in [5.74, 6) is 0. The maximum atomic E-state index is 10.6. The van der Waals surface area contributed by atoms with Crippen LogP contribution in [0, 0.1) is 20.8 Å². The summed E-state index contributed by atoms with van der Waals surface area (Å²) in [5, 5.41) is 45.1. The van der Waals surface area contributed by atoms with Gasteiger partial charge in [-0.2, -0.15) is 0 Å². The van der Waals surface area contributed by atoms with Crippen LogP contribution in [0.2, 0.25) is 0 Å². The summed E-state index contributed by atoms with van der Waals surface area (Å²) in [7, 11) is 0. The maximum Gasteiger partial charge on any atom is 1.00 e. The average molecular weight is 242 g/mol. The monoisotopic (exact) mass is 242 g/mol. The predicted octanol–water partition coefficient (Wildman–Crippen LogP) is -4.12. The Morgan fingerprint density at radius 1 is 0.750 bits per heavy atom. The molecule has 0 bridgehead atoms. The molecule has 16 heavy (non-hydrogen) atoms. The number of hydrogen-bond donors (Lipinski definition) is 0. The second-order valence-corrected chi connectivity index (χ2v) is 2.23. The normalized spacial score (nSPS) is 11.2. The molecule has 0 heterocycles. The van der Waals surface area contributed by atoms with Crippen LogP contribution in [0.4, 0.5) is 11.4 Å². The van der Waals surface area contributed by atoms with Crippen molar-refractivity contribution in [2.24, 2.45) is 10.6 Å². The summed E-state index contributed by atoms with van der Waals surface area (Å²) in [5.41, 5.74) is -0.0777. The zero-order chi connectivity index (χ0) is 10.6. The molecule has 0 aliphatic carbocycles. The first-order chi connectivity index (χ1) is 6.69. The second kappa shape index (κ2) is 8.74. The molecular weight excluding hydrogens is 238 g/mol. The minimum Gasteiger partial charge on any atom is -0.739 e. The van der Waals surface area contributed by atoms with E-state index in [1.807, 2.05) is 0 Å². The van der Waals surface area contributed by atoms with E-state index in [1.54, 1.807) is 0 Å². The van der Waals surface area contributed by atoms with Crippen LogP contribution in [0.1, 0.15) is 0 Å². The van der Waals surface area contributed by atoms with E-state index in [4.69, 9.17) is 0 Å². The van der Waals surface area contributed by atoms with E-state index < -0.39 is 0 Å². The van der Waals surface area contributed by atoms with Crippen LogP contribution < -0.4 is 59.1 Å². The van der Waals surface area contributed by atoms with E-state index in [0.717, 1.165) is 0 Å². The molecule has 1 aromatic carbocycles. The minimum absolute atomic E-state index is 0. The third-order valence-corrected chi connectivity index (χ3v) is 1.44. The first-order valence-corrected chi connectivity index (χ1v) is 3.40. The van der Waals surface area contributed by atoms with Crippen LogP contribution in [0.3, 0.4) is 0 Å². The van der Waals surface area contributed by atoms with Gasteiger partial charge in [-0.25, -0.2) is 0 Å². The standard InChI is InChI=1S/C6H6N4O4.2Na/c11-7-9(13)5-1-2-6(4-3-5)10(14)8-12;;/h1-4,11-12H;;/q;2*+1/p-2/b9-7-,10-8-;;. The minimum atomic E-state index is -0.159. The van der Waals surface area contributed by atoms with Crippen LogP contribution >= 0.6 is 0 Å². The van der Waals surface area contributed by atoms with Gasteiger partial charge in [0.05, 0.1) is 0 Å². The molecule has 0 saturated heterocycles. The molecule has 0 unspecified atom stereocenters. The van der Waals surface area contributed by atoms with Gasteiger partial charge in [-0.15, -0.1) is 0 Å². The molecule has 0 radical (unpaired) electrons. The fourth-order valence-electron chi connectivity index (χ4n) is 0.802. The van der Waals surface area contributed by atoms with Crippen LogP contribution in [0.15, 0.2) is 34.8 Å². The predicted molar refractivity (Wildman–Crippen MR) is 44.6 cm³/mol. The Labute approximate surface area is 135 Å². The zero-order valence-electron chi connectivity index (χ0n) is 8.73. The van der Waals surface area contributed by atoms with E-state index in [0.29, 0.717) is 0 Å². The summed E-state index contributed by atoms with van der Waals surface area (Å²) < 4.78 is 0. The van der Waals surface area contributed by atoms with Crippen molar-refractivity contribution >= 4 is 11.4 Å². The van der Waals surface area contributed by atoms with Gasteiger partial charge in [0.1, 0.15) is 0 Å². The van der Waals surface area contributed by atoms with Crippen molar-refractivity contribution in [1.29, 1.82) is 0 Å². The van der Waals surface area contributed by atoms with Gasteiger partial charge in [-0.05, 0) is 10.6 Å². The third-order valence-electron chi connectivity index (χ3n) is 1.44. The molecule has 8 nitrogen and oxygen atoms in total. The Kier molecular flexibility index (Phi) is 9.83. The number of nitrogens with zero attached hydrogens (tertiary/aromatic N) is 4. The fourth-order valence-corrected chi connectivity index (χ4v) is 0.802. The summed E-state index contributed by atoms with van der Waals surface area (Å²) in [4.78, 5) is -0.319. The maximum absolute atomic E-state index is 10.6. The van der Waals surface area contributed by atoms with Gasteiger partial charge in [0.25, 0.3) is 0 Å². The van der Waals surface area contributed by atoms with E-state index in [2.05, 4.69) is 10.6 Å². The molecule has 0 fully saturated rings. The molecule has 0 amide bonds. The van der Waals surface area contributed by atoms with Gasteiger partial charge in [0.2, 0.25) is 11.4 Å². The van der Waals surface area contributed by atoms with Gasteiger partial charge in [0, 0.05) is 24.3 Å². The second-order valence-electron chi connectivity index (χ2n) is 2.23. The molecule has 0 atom stereocenters. The molecule has 0 saturated carbocycles. The van der Waals surface area contributed by atoms with Gasteiger partial charge in [-0.1, -0.05) is 9.72 Å². The molecule has 0 aliphatic heterocycles. The molecule has 0 spiro atoms. The Morgan fingerprint density at radius 2 is 1.00 bits per heavy atom. The number of rotatable bonds is 2. The van der Waals surface area contributed by atoms with Gasteiger partial charge in [-0.3, -0.25) is 0 Å². The zero-order valence-corrected chi connectivity index (χ0v) is 12.7. The Bertz CT molecular complexity index is 344. The Hall–Kier alpha value is -0.380. The number of benzene rings is 1. The van der Waals surface area contributed by atoms with Crippen molar-refractivity contribution < 1.29 is 68.8 Å². The van der Waals surface area contributed by atoms with E-state index in [-0.39, 0.29) is 80.2 Å². The smallest absolute Gasteiger partial charge is 0.739 e. The molecular formula is C6H4N4Na2O4. The molecule has 74 valence electrons.